The van der Waals surface area contributed by atoms with Crippen LogP contribution in [0.2, 0.25) is 0 Å². The van der Waals surface area contributed by atoms with Gasteiger partial charge in [0.15, 0.2) is 6.23 Å². The van der Waals surface area contributed by atoms with Gasteiger partial charge >= 0.3 is 18.0 Å². The molecule has 3 saturated heterocycles. The van der Waals surface area contributed by atoms with Crippen LogP contribution >= 0.6 is 0 Å². The number of ether oxygens (including phenoxy) is 1. The first-order valence-corrected chi connectivity index (χ1v) is 12.1. The van der Waals surface area contributed by atoms with E-state index >= 15 is 0 Å². The zero-order valence-electron chi connectivity index (χ0n) is 20.1. The second-order valence-corrected chi connectivity index (χ2v) is 8.90. The highest BCUT2D eigenvalue weighted by Crippen LogP contribution is 2.32. The van der Waals surface area contributed by atoms with Crippen LogP contribution in [-0.2, 0) is 20.7 Å². The molecule has 9 heteroatoms. The van der Waals surface area contributed by atoms with Gasteiger partial charge in [0.2, 0.25) is 0 Å². The summed E-state index contributed by atoms with van der Waals surface area (Å²) in [4.78, 5) is 48.8. The number of carboxylic acid groups (broad SMARTS) is 2. The molecule has 3 aliphatic heterocycles. The van der Waals surface area contributed by atoms with Gasteiger partial charge in [0, 0.05) is 31.6 Å². The zero-order valence-corrected chi connectivity index (χ0v) is 20.1. The van der Waals surface area contributed by atoms with Gasteiger partial charge in [0.1, 0.15) is 0 Å². The lowest BCUT2D eigenvalue weighted by Gasteiger charge is -2.44. The van der Waals surface area contributed by atoms with Crippen LogP contribution in [0, 0.1) is 5.92 Å². The lowest BCUT2D eigenvalue weighted by molar-refractivity contribution is -0.143. The average Bonchev–Trinajstić information content (AvgIpc) is 2.89. The largest absolute Gasteiger partial charge is 0.481 e. The topological polar surface area (TPSA) is 124 Å². The van der Waals surface area contributed by atoms with Crippen molar-refractivity contribution in [3.8, 4) is 0 Å². The number of hydrogen-bond donors (Lipinski definition) is 2. The highest BCUT2D eigenvalue weighted by atomic mass is 16.6. The van der Waals surface area contributed by atoms with Crippen molar-refractivity contribution in [2.75, 3.05) is 19.6 Å². The van der Waals surface area contributed by atoms with Crippen molar-refractivity contribution in [1.82, 2.24) is 9.80 Å². The van der Waals surface area contributed by atoms with Gasteiger partial charge < -0.3 is 14.9 Å². The van der Waals surface area contributed by atoms with Crippen molar-refractivity contribution in [2.45, 2.75) is 44.8 Å². The summed E-state index contributed by atoms with van der Waals surface area (Å²) in [7, 11) is 0. The molecule has 0 spiro atoms. The fourth-order valence-corrected chi connectivity index (χ4v) is 4.33. The number of benzene rings is 2. The van der Waals surface area contributed by atoms with E-state index in [-0.39, 0.29) is 25.0 Å². The molecule has 192 valence electrons. The number of hydrogen-bond acceptors (Lipinski definition) is 6. The predicted molar refractivity (Wildman–Crippen MR) is 131 cm³/mol. The normalized spacial score (nSPS) is 19.9. The van der Waals surface area contributed by atoms with Crippen LogP contribution in [0.25, 0.3) is 0 Å². The fraction of sp³-hybridized carbons (Fsp3) is 0.407. The van der Waals surface area contributed by atoms with E-state index in [9.17, 15) is 19.2 Å². The third kappa shape index (κ3) is 8.20. The van der Waals surface area contributed by atoms with Crippen molar-refractivity contribution in [3.05, 3.63) is 71.8 Å². The number of carboxylic acids is 2. The molecule has 3 heterocycles. The summed E-state index contributed by atoms with van der Waals surface area (Å²) in [6.07, 6.45) is 2.49. The average molecular weight is 497 g/mol. The van der Waals surface area contributed by atoms with E-state index in [4.69, 9.17) is 14.9 Å². The van der Waals surface area contributed by atoms with Gasteiger partial charge in [-0.1, -0.05) is 48.5 Å². The van der Waals surface area contributed by atoms with Crippen LogP contribution in [0.1, 0.15) is 48.0 Å². The minimum absolute atomic E-state index is 0.206. The predicted octanol–water partition coefficient (Wildman–Crippen LogP) is 3.89. The lowest BCUT2D eigenvalue weighted by atomic mass is 9.87. The molecule has 9 nitrogen and oxygen atoms in total. The van der Waals surface area contributed by atoms with E-state index in [0.29, 0.717) is 24.4 Å². The van der Waals surface area contributed by atoms with E-state index < -0.39 is 18.0 Å². The maximum atomic E-state index is 13.0. The Morgan fingerprint density at radius 1 is 0.861 bits per heavy atom. The monoisotopic (exact) mass is 496 g/mol. The summed E-state index contributed by atoms with van der Waals surface area (Å²) in [6.45, 7) is 2.24. The van der Waals surface area contributed by atoms with Crippen LogP contribution < -0.4 is 0 Å². The van der Waals surface area contributed by atoms with Crippen LogP contribution in [0.4, 0.5) is 4.79 Å². The summed E-state index contributed by atoms with van der Waals surface area (Å²) in [6, 6.07) is 18.8. The molecule has 3 aliphatic rings. The Bertz CT molecular complexity index is 1010. The molecule has 2 amide bonds. The van der Waals surface area contributed by atoms with Gasteiger partial charge in [-0.3, -0.25) is 19.3 Å². The molecule has 2 bridgehead atoms. The van der Waals surface area contributed by atoms with Crippen molar-refractivity contribution >= 4 is 23.9 Å². The molecule has 2 N–H and O–H groups in total. The second-order valence-electron chi connectivity index (χ2n) is 8.90. The van der Waals surface area contributed by atoms with Gasteiger partial charge in [-0.05, 0) is 42.9 Å². The molecule has 0 aromatic heterocycles. The Kier molecular flexibility index (Phi) is 10.00. The Morgan fingerprint density at radius 3 is 1.92 bits per heavy atom. The lowest BCUT2D eigenvalue weighted by Crippen LogP contribution is -2.52. The molecule has 2 aromatic rings. The summed E-state index contributed by atoms with van der Waals surface area (Å²) in [5.74, 6) is -1.83. The molecule has 1 atom stereocenters. The summed E-state index contributed by atoms with van der Waals surface area (Å²) < 4.78 is 5.81. The number of rotatable bonds is 8. The SMILES string of the molecule is O=C(O)CCC(=O)O.O=C(O[C@@H]1CC2CCN1CC2)N(CCc1ccccc1)C(=O)c1ccccc1. The van der Waals surface area contributed by atoms with Crippen molar-refractivity contribution in [3.63, 3.8) is 0 Å². The number of imide groups is 1. The standard InChI is InChI=1S/C23H26N2O3.C4H6O4/c26-22(20-9-5-2-6-10-20)25(16-13-18-7-3-1-4-8-18)23(27)28-21-17-19-11-14-24(21)15-12-19;5-3(6)1-2-4(7)8/h1-10,19,21H,11-17H2;1-2H2,(H,5,6)(H,7,8)/t21-;/m1./s1. The maximum absolute atomic E-state index is 13.0. The summed E-state index contributed by atoms with van der Waals surface area (Å²) >= 11 is 0. The van der Waals surface area contributed by atoms with E-state index in [1.165, 1.54) is 17.7 Å². The van der Waals surface area contributed by atoms with E-state index in [1.54, 1.807) is 24.3 Å². The second kappa shape index (κ2) is 13.4. The molecule has 0 radical (unpaired) electrons. The molecule has 5 rings (SSSR count). The molecule has 36 heavy (non-hydrogen) atoms. The first-order valence-electron chi connectivity index (χ1n) is 12.1. The van der Waals surface area contributed by atoms with Crippen molar-refractivity contribution in [1.29, 1.82) is 0 Å². The molecular formula is C27H32N2O7. The van der Waals surface area contributed by atoms with Crippen molar-refractivity contribution < 1.29 is 34.1 Å². The number of carbonyl (C=O) groups excluding carboxylic acids is 2. The Hall–Kier alpha value is -3.72. The molecule has 3 fully saturated rings. The number of amides is 2. The third-order valence-electron chi connectivity index (χ3n) is 6.33. The number of piperidine rings is 3. The van der Waals surface area contributed by atoms with Crippen LogP contribution in [0.5, 0.6) is 0 Å². The van der Waals surface area contributed by atoms with Gasteiger partial charge in [-0.25, -0.2) is 9.69 Å². The van der Waals surface area contributed by atoms with E-state index in [2.05, 4.69) is 4.90 Å². The number of fused-ring (bicyclic) bond motifs is 3. The van der Waals surface area contributed by atoms with Gasteiger partial charge in [0.05, 0.1) is 12.8 Å². The van der Waals surface area contributed by atoms with Gasteiger partial charge in [-0.2, -0.15) is 0 Å². The maximum Gasteiger partial charge on any atom is 0.418 e. The minimum Gasteiger partial charge on any atom is -0.481 e. The number of carbonyl (C=O) groups is 4. The highest BCUT2D eigenvalue weighted by Gasteiger charge is 2.37. The first kappa shape index (κ1) is 26.9. The summed E-state index contributed by atoms with van der Waals surface area (Å²) in [5, 5.41) is 15.8. The van der Waals surface area contributed by atoms with Crippen LogP contribution in [-0.4, -0.2) is 69.8 Å². The van der Waals surface area contributed by atoms with E-state index in [1.807, 2.05) is 36.4 Å². The zero-order chi connectivity index (χ0) is 25.9. The van der Waals surface area contributed by atoms with Crippen LogP contribution in [0.3, 0.4) is 0 Å². The number of aliphatic carboxylic acids is 2. The quantitative estimate of drug-likeness (QED) is 0.564. The van der Waals surface area contributed by atoms with Crippen LogP contribution in [0.15, 0.2) is 60.7 Å². The van der Waals surface area contributed by atoms with Crippen molar-refractivity contribution in [2.24, 2.45) is 5.92 Å². The Morgan fingerprint density at radius 2 is 1.42 bits per heavy atom. The molecule has 2 aromatic carbocycles. The molecule has 0 unspecified atom stereocenters. The number of nitrogens with zero attached hydrogens (tertiary/aromatic N) is 2. The fourth-order valence-electron chi connectivity index (χ4n) is 4.33. The molecular weight excluding hydrogens is 464 g/mol. The minimum atomic E-state index is -1.08. The molecule has 0 saturated carbocycles. The van der Waals surface area contributed by atoms with E-state index in [0.717, 1.165) is 25.1 Å². The smallest absolute Gasteiger partial charge is 0.418 e. The highest BCUT2D eigenvalue weighted by molar-refractivity contribution is 6.02. The Balaban J connectivity index is 0.000000392. The van der Waals surface area contributed by atoms with Gasteiger partial charge in [-0.15, -0.1) is 0 Å². The third-order valence-corrected chi connectivity index (χ3v) is 6.33. The first-order chi connectivity index (χ1) is 17.3. The molecule has 0 aliphatic carbocycles. The van der Waals surface area contributed by atoms with Gasteiger partial charge in [0.25, 0.3) is 5.91 Å². The Labute approximate surface area is 210 Å². The summed E-state index contributed by atoms with van der Waals surface area (Å²) in [5.41, 5.74) is 1.58.